The minimum absolute atomic E-state index is 0.0915. The van der Waals surface area contributed by atoms with Crippen LogP contribution in [0.1, 0.15) is 18.1 Å². The number of nitrogens with zero attached hydrogens (tertiary/aromatic N) is 2. The first-order chi connectivity index (χ1) is 14.1. The molecule has 1 aliphatic heterocycles. The second-order valence-electron chi connectivity index (χ2n) is 7.04. The summed E-state index contributed by atoms with van der Waals surface area (Å²) in [6.45, 7) is 4.86. The predicted octanol–water partition coefficient (Wildman–Crippen LogP) is 2.55. The molecule has 6 heteroatoms. The van der Waals surface area contributed by atoms with Crippen molar-refractivity contribution in [1.29, 1.82) is 0 Å². The number of rotatable bonds is 7. The first-order valence-electron chi connectivity index (χ1n) is 9.99. The summed E-state index contributed by atoms with van der Waals surface area (Å²) in [6, 6.07) is 15.2. The monoisotopic (exact) mass is 396 g/mol. The van der Waals surface area contributed by atoms with E-state index >= 15 is 0 Å². The lowest BCUT2D eigenvalue weighted by atomic mass is 10.1. The third-order valence-corrected chi connectivity index (χ3v) is 5.09. The molecule has 29 heavy (non-hydrogen) atoms. The maximum Gasteiger partial charge on any atom is 0.227 e. The molecule has 2 amide bonds. The average molecular weight is 396 g/mol. The van der Waals surface area contributed by atoms with Crippen LogP contribution in [0.15, 0.2) is 48.5 Å². The molecule has 0 unspecified atom stereocenters. The lowest BCUT2D eigenvalue weighted by Crippen LogP contribution is -2.51. The van der Waals surface area contributed by atoms with Gasteiger partial charge in [0.15, 0.2) is 0 Å². The number of piperazine rings is 1. The average Bonchev–Trinajstić information content (AvgIpc) is 2.76. The van der Waals surface area contributed by atoms with Gasteiger partial charge in [-0.2, -0.15) is 0 Å². The zero-order chi connectivity index (χ0) is 20.6. The smallest absolute Gasteiger partial charge is 0.227 e. The Morgan fingerprint density at radius 2 is 1.17 bits per heavy atom. The van der Waals surface area contributed by atoms with Crippen LogP contribution in [0.3, 0.4) is 0 Å². The standard InChI is InChI=1S/C23H28N2O4/c1-3-29-21-10-6-19(7-11-21)17-23(27)25-14-12-24(13-15-25)22(26)16-18-4-8-20(28-2)9-5-18/h4-11H,3,12-17H2,1-2H3. The number of hydrogen-bond acceptors (Lipinski definition) is 4. The molecule has 0 bridgehead atoms. The molecule has 1 aliphatic rings. The summed E-state index contributed by atoms with van der Waals surface area (Å²) in [5.41, 5.74) is 1.93. The van der Waals surface area contributed by atoms with E-state index in [4.69, 9.17) is 9.47 Å². The maximum atomic E-state index is 12.6. The Balaban J connectivity index is 1.46. The third-order valence-electron chi connectivity index (χ3n) is 5.09. The highest BCUT2D eigenvalue weighted by Crippen LogP contribution is 2.15. The maximum absolute atomic E-state index is 12.6. The van der Waals surface area contributed by atoms with Gasteiger partial charge in [0.2, 0.25) is 11.8 Å². The first-order valence-corrected chi connectivity index (χ1v) is 9.99. The first kappa shape index (κ1) is 20.7. The molecule has 3 rings (SSSR count). The Labute approximate surface area is 172 Å². The molecule has 0 saturated carbocycles. The molecule has 2 aromatic carbocycles. The number of amides is 2. The lowest BCUT2D eigenvalue weighted by molar-refractivity contribution is -0.138. The lowest BCUT2D eigenvalue weighted by Gasteiger charge is -2.35. The molecule has 0 N–H and O–H groups in total. The molecule has 1 saturated heterocycles. The van der Waals surface area contributed by atoms with E-state index in [0.29, 0.717) is 45.6 Å². The van der Waals surface area contributed by atoms with Gasteiger partial charge >= 0.3 is 0 Å². The molecular formula is C23H28N2O4. The minimum Gasteiger partial charge on any atom is -0.497 e. The van der Waals surface area contributed by atoms with Crippen molar-refractivity contribution in [2.45, 2.75) is 19.8 Å². The second-order valence-corrected chi connectivity index (χ2v) is 7.04. The van der Waals surface area contributed by atoms with Crippen LogP contribution < -0.4 is 9.47 Å². The summed E-state index contributed by atoms with van der Waals surface area (Å²) >= 11 is 0. The van der Waals surface area contributed by atoms with Gasteiger partial charge in [-0.1, -0.05) is 24.3 Å². The Morgan fingerprint density at radius 3 is 1.55 bits per heavy atom. The number of benzene rings is 2. The Morgan fingerprint density at radius 1 is 0.759 bits per heavy atom. The van der Waals surface area contributed by atoms with Crippen molar-refractivity contribution in [2.75, 3.05) is 39.9 Å². The van der Waals surface area contributed by atoms with E-state index in [-0.39, 0.29) is 11.8 Å². The molecule has 0 spiro atoms. The van der Waals surface area contributed by atoms with E-state index in [9.17, 15) is 9.59 Å². The van der Waals surface area contributed by atoms with E-state index in [1.165, 1.54) is 0 Å². The van der Waals surface area contributed by atoms with Crippen LogP contribution in [0.25, 0.3) is 0 Å². The molecular weight excluding hydrogens is 368 g/mol. The van der Waals surface area contributed by atoms with Gasteiger partial charge in [0.25, 0.3) is 0 Å². The molecule has 0 radical (unpaired) electrons. The van der Waals surface area contributed by atoms with Crippen LogP contribution in [0.2, 0.25) is 0 Å². The molecule has 154 valence electrons. The highest BCUT2D eigenvalue weighted by molar-refractivity contribution is 5.81. The predicted molar refractivity (Wildman–Crippen MR) is 111 cm³/mol. The Bertz CT molecular complexity index is 810. The van der Waals surface area contributed by atoms with E-state index in [1.54, 1.807) is 7.11 Å². The fraction of sp³-hybridized carbons (Fsp3) is 0.391. The van der Waals surface area contributed by atoms with Crippen LogP contribution in [-0.2, 0) is 22.4 Å². The van der Waals surface area contributed by atoms with Crippen LogP contribution >= 0.6 is 0 Å². The summed E-state index contributed by atoms with van der Waals surface area (Å²) in [4.78, 5) is 28.8. The van der Waals surface area contributed by atoms with Crippen molar-refractivity contribution < 1.29 is 19.1 Å². The largest absolute Gasteiger partial charge is 0.497 e. The van der Waals surface area contributed by atoms with Crippen molar-refractivity contribution in [3.05, 3.63) is 59.7 Å². The van der Waals surface area contributed by atoms with Crippen LogP contribution in [0.4, 0.5) is 0 Å². The van der Waals surface area contributed by atoms with Crippen molar-refractivity contribution in [3.8, 4) is 11.5 Å². The van der Waals surface area contributed by atoms with Crippen LogP contribution in [0.5, 0.6) is 11.5 Å². The van der Waals surface area contributed by atoms with Crippen molar-refractivity contribution in [2.24, 2.45) is 0 Å². The Hall–Kier alpha value is -3.02. The van der Waals surface area contributed by atoms with Gasteiger partial charge < -0.3 is 19.3 Å². The SMILES string of the molecule is CCOc1ccc(CC(=O)N2CCN(C(=O)Cc3ccc(OC)cc3)CC2)cc1. The fourth-order valence-corrected chi connectivity index (χ4v) is 3.39. The highest BCUT2D eigenvalue weighted by atomic mass is 16.5. The van der Waals surface area contributed by atoms with E-state index in [2.05, 4.69) is 0 Å². The number of ether oxygens (including phenoxy) is 2. The molecule has 1 fully saturated rings. The highest BCUT2D eigenvalue weighted by Gasteiger charge is 2.24. The van der Waals surface area contributed by atoms with E-state index in [1.807, 2.05) is 65.3 Å². The fourth-order valence-electron chi connectivity index (χ4n) is 3.39. The van der Waals surface area contributed by atoms with Crippen molar-refractivity contribution in [1.82, 2.24) is 9.80 Å². The number of hydrogen-bond donors (Lipinski definition) is 0. The molecule has 0 aromatic heterocycles. The van der Waals surface area contributed by atoms with E-state index in [0.717, 1.165) is 22.6 Å². The van der Waals surface area contributed by atoms with Gasteiger partial charge in [0.1, 0.15) is 11.5 Å². The Kier molecular flexibility index (Phi) is 7.11. The van der Waals surface area contributed by atoms with Gasteiger partial charge in [-0.15, -0.1) is 0 Å². The quantitative estimate of drug-likeness (QED) is 0.722. The normalized spacial score (nSPS) is 13.9. The second kappa shape index (κ2) is 9.96. The van der Waals surface area contributed by atoms with Crippen LogP contribution in [0, 0.1) is 0 Å². The zero-order valence-corrected chi connectivity index (χ0v) is 17.1. The molecule has 0 atom stereocenters. The third kappa shape index (κ3) is 5.73. The molecule has 6 nitrogen and oxygen atoms in total. The van der Waals surface area contributed by atoms with Gasteiger partial charge in [-0.3, -0.25) is 9.59 Å². The number of carbonyl (C=O) groups is 2. The summed E-state index contributed by atoms with van der Waals surface area (Å²) in [5, 5.41) is 0. The van der Waals surface area contributed by atoms with Gasteiger partial charge in [-0.25, -0.2) is 0 Å². The summed E-state index contributed by atoms with van der Waals surface area (Å²) in [7, 11) is 1.62. The van der Waals surface area contributed by atoms with Crippen molar-refractivity contribution in [3.63, 3.8) is 0 Å². The summed E-state index contributed by atoms with van der Waals surface area (Å²) in [6.07, 6.45) is 0.732. The number of carbonyl (C=O) groups excluding carboxylic acids is 2. The molecule has 2 aromatic rings. The van der Waals surface area contributed by atoms with Gasteiger partial charge in [0, 0.05) is 26.2 Å². The summed E-state index contributed by atoms with van der Waals surface area (Å²) < 4.78 is 10.6. The topological polar surface area (TPSA) is 59.1 Å². The molecule has 0 aliphatic carbocycles. The van der Waals surface area contributed by atoms with E-state index < -0.39 is 0 Å². The summed E-state index contributed by atoms with van der Waals surface area (Å²) in [5.74, 6) is 1.78. The van der Waals surface area contributed by atoms with Crippen LogP contribution in [-0.4, -0.2) is 61.5 Å². The van der Waals surface area contributed by atoms with Gasteiger partial charge in [0.05, 0.1) is 26.6 Å². The minimum atomic E-state index is 0.0915. The number of methoxy groups -OCH3 is 1. The van der Waals surface area contributed by atoms with Gasteiger partial charge in [-0.05, 0) is 42.3 Å². The zero-order valence-electron chi connectivity index (χ0n) is 17.1. The molecule has 1 heterocycles. The van der Waals surface area contributed by atoms with Crippen molar-refractivity contribution >= 4 is 11.8 Å².